The number of ether oxygens (including phenoxy) is 2. The first kappa shape index (κ1) is 20.9. The Hall–Kier alpha value is -3.81. The van der Waals surface area contributed by atoms with Crippen LogP contribution in [0, 0.1) is 10.1 Å². The van der Waals surface area contributed by atoms with E-state index in [1.807, 2.05) is 24.3 Å². The number of nitrogens with one attached hydrogen (secondary N) is 1. The molecule has 0 saturated heterocycles. The molecule has 0 spiro atoms. The summed E-state index contributed by atoms with van der Waals surface area (Å²) in [6, 6.07) is 15.0. The van der Waals surface area contributed by atoms with Gasteiger partial charge in [-0.2, -0.15) is 0 Å². The number of hydrogen-bond donors (Lipinski definition) is 1. The highest BCUT2D eigenvalue weighted by Crippen LogP contribution is 2.29. The van der Waals surface area contributed by atoms with Gasteiger partial charge in [0.15, 0.2) is 5.76 Å². The number of non-ortho nitro benzene ring substituents is 1. The second kappa shape index (κ2) is 9.60. The molecule has 3 rings (SSSR count). The van der Waals surface area contributed by atoms with Crippen molar-refractivity contribution in [3.05, 3.63) is 81.8 Å². The van der Waals surface area contributed by atoms with Crippen molar-refractivity contribution in [3.63, 3.8) is 0 Å². The van der Waals surface area contributed by atoms with Crippen molar-refractivity contribution < 1.29 is 23.6 Å². The van der Waals surface area contributed by atoms with Crippen LogP contribution in [0.15, 0.2) is 59.0 Å². The maximum atomic E-state index is 12.5. The lowest BCUT2D eigenvalue weighted by Crippen LogP contribution is -2.12. The Bertz CT molecular complexity index is 1030. The number of nitrogens with zero attached hydrogens (tertiary/aromatic N) is 1. The Morgan fingerprint density at radius 2 is 1.90 bits per heavy atom. The highest BCUT2D eigenvalue weighted by Gasteiger charge is 2.16. The van der Waals surface area contributed by atoms with Gasteiger partial charge >= 0.3 is 0 Å². The number of furan rings is 1. The summed E-state index contributed by atoms with van der Waals surface area (Å²) in [6.45, 7) is 2.31. The van der Waals surface area contributed by atoms with Crippen LogP contribution in [0.25, 0.3) is 0 Å². The summed E-state index contributed by atoms with van der Waals surface area (Å²) in [6.07, 6.45) is 2.11. The molecule has 1 N–H and O–H groups in total. The number of anilines is 1. The molecule has 0 saturated carbocycles. The van der Waals surface area contributed by atoms with E-state index in [1.165, 1.54) is 36.9 Å². The molecule has 8 nitrogen and oxygen atoms in total. The second-order valence-electron chi connectivity index (χ2n) is 6.54. The van der Waals surface area contributed by atoms with Gasteiger partial charge in [0.05, 0.1) is 23.8 Å². The van der Waals surface area contributed by atoms with E-state index in [2.05, 4.69) is 12.2 Å². The van der Waals surface area contributed by atoms with Gasteiger partial charge in [0.2, 0.25) is 0 Å². The van der Waals surface area contributed by atoms with Crippen LogP contribution < -0.4 is 14.8 Å². The molecule has 0 radical (unpaired) electrons. The van der Waals surface area contributed by atoms with Crippen molar-refractivity contribution in [1.82, 2.24) is 0 Å². The molecule has 1 amide bonds. The molecule has 0 aliphatic heterocycles. The lowest BCUT2D eigenvalue weighted by Gasteiger charge is -2.09. The van der Waals surface area contributed by atoms with Crippen LogP contribution in [0.1, 0.15) is 35.2 Å². The van der Waals surface area contributed by atoms with Gasteiger partial charge in [0.1, 0.15) is 23.9 Å². The monoisotopic (exact) mass is 410 g/mol. The van der Waals surface area contributed by atoms with E-state index in [1.54, 1.807) is 6.07 Å². The molecular weight excluding hydrogens is 388 g/mol. The molecule has 1 aromatic heterocycles. The first-order valence-electron chi connectivity index (χ1n) is 9.44. The number of hydrogen-bond acceptors (Lipinski definition) is 6. The van der Waals surface area contributed by atoms with Crippen molar-refractivity contribution in [3.8, 4) is 11.5 Å². The predicted molar refractivity (Wildman–Crippen MR) is 111 cm³/mol. The maximum absolute atomic E-state index is 12.5. The van der Waals surface area contributed by atoms with Crippen molar-refractivity contribution >= 4 is 17.3 Å². The van der Waals surface area contributed by atoms with E-state index in [9.17, 15) is 14.9 Å². The van der Waals surface area contributed by atoms with E-state index in [0.29, 0.717) is 17.2 Å². The topological polar surface area (TPSA) is 104 Å². The fourth-order valence-electron chi connectivity index (χ4n) is 2.85. The molecule has 0 bridgehead atoms. The Balaban J connectivity index is 1.61. The first-order chi connectivity index (χ1) is 14.5. The molecular formula is C22H22N2O6. The summed E-state index contributed by atoms with van der Waals surface area (Å²) in [5.41, 5.74) is 1.42. The molecule has 1 heterocycles. The third kappa shape index (κ3) is 5.16. The lowest BCUT2D eigenvalue weighted by atomic mass is 10.1. The van der Waals surface area contributed by atoms with Gasteiger partial charge in [-0.3, -0.25) is 14.9 Å². The first-order valence-corrected chi connectivity index (χ1v) is 9.44. The van der Waals surface area contributed by atoms with Gasteiger partial charge in [0, 0.05) is 6.07 Å². The van der Waals surface area contributed by atoms with Crippen LogP contribution in [-0.4, -0.2) is 17.9 Å². The molecule has 0 atom stereocenters. The molecule has 30 heavy (non-hydrogen) atoms. The van der Waals surface area contributed by atoms with Crippen molar-refractivity contribution in [1.29, 1.82) is 0 Å². The number of methoxy groups -OCH3 is 1. The lowest BCUT2D eigenvalue weighted by molar-refractivity contribution is -0.384. The average molecular weight is 410 g/mol. The number of nitro groups is 1. The number of rotatable bonds is 9. The van der Waals surface area contributed by atoms with Gasteiger partial charge in [0.25, 0.3) is 11.6 Å². The maximum Gasteiger partial charge on any atom is 0.291 e. The van der Waals surface area contributed by atoms with Crippen LogP contribution in [-0.2, 0) is 13.0 Å². The van der Waals surface area contributed by atoms with Gasteiger partial charge < -0.3 is 19.2 Å². The number of benzene rings is 2. The van der Waals surface area contributed by atoms with Crippen LogP contribution in [0.4, 0.5) is 11.4 Å². The Morgan fingerprint density at radius 1 is 1.13 bits per heavy atom. The fourth-order valence-corrected chi connectivity index (χ4v) is 2.85. The zero-order chi connectivity index (χ0) is 21.5. The molecule has 2 aromatic carbocycles. The number of aryl methyl sites for hydroxylation is 1. The summed E-state index contributed by atoms with van der Waals surface area (Å²) < 4.78 is 16.4. The van der Waals surface area contributed by atoms with Crippen LogP contribution in [0.3, 0.4) is 0 Å². The molecule has 0 aliphatic rings. The predicted octanol–water partition coefficient (Wildman–Crippen LogP) is 4.98. The number of amides is 1. The van der Waals surface area contributed by atoms with Crippen molar-refractivity contribution in [2.24, 2.45) is 0 Å². The minimum absolute atomic E-state index is 0.0901. The SMILES string of the molecule is CCCc1ccc(OCc2ccc(C(=O)Nc3ccc([N+](=O)[O-])cc3OC)o2)cc1. The molecule has 0 fully saturated rings. The van der Waals surface area contributed by atoms with E-state index in [4.69, 9.17) is 13.9 Å². The highest BCUT2D eigenvalue weighted by atomic mass is 16.6. The minimum atomic E-state index is -0.537. The molecule has 156 valence electrons. The van der Waals surface area contributed by atoms with E-state index in [0.717, 1.165) is 12.8 Å². The summed E-state index contributed by atoms with van der Waals surface area (Å²) in [5.74, 6) is 0.977. The van der Waals surface area contributed by atoms with E-state index in [-0.39, 0.29) is 23.8 Å². The van der Waals surface area contributed by atoms with Crippen LogP contribution in [0.2, 0.25) is 0 Å². The number of carbonyl (C=O) groups is 1. The van der Waals surface area contributed by atoms with Crippen molar-refractivity contribution in [2.45, 2.75) is 26.4 Å². The fraction of sp³-hybridized carbons (Fsp3) is 0.227. The largest absolute Gasteiger partial charge is 0.494 e. The average Bonchev–Trinajstić information content (AvgIpc) is 3.23. The Morgan fingerprint density at radius 3 is 2.57 bits per heavy atom. The number of nitro benzene ring substituents is 1. The van der Waals surface area contributed by atoms with Crippen molar-refractivity contribution in [2.75, 3.05) is 12.4 Å². The summed E-state index contributed by atoms with van der Waals surface area (Å²) in [4.78, 5) is 22.8. The van der Waals surface area contributed by atoms with Gasteiger partial charge in [-0.25, -0.2) is 0 Å². The molecule has 8 heteroatoms. The minimum Gasteiger partial charge on any atom is -0.494 e. The van der Waals surface area contributed by atoms with E-state index >= 15 is 0 Å². The highest BCUT2D eigenvalue weighted by molar-refractivity contribution is 6.03. The van der Waals surface area contributed by atoms with Gasteiger partial charge in [-0.1, -0.05) is 25.5 Å². The summed E-state index contributed by atoms with van der Waals surface area (Å²) >= 11 is 0. The van der Waals surface area contributed by atoms with Crippen LogP contribution in [0.5, 0.6) is 11.5 Å². The Labute approximate surface area is 173 Å². The third-order valence-electron chi connectivity index (χ3n) is 4.37. The van der Waals surface area contributed by atoms with E-state index < -0.39 is 10.8 Å². The molecule has 3 aromatic rings. The normalized spacial score (nSPS) is 10.5. The molecule has 0 aliphatic carbocycles. The molecule has 0 unspecified atom stereocenters. The quantitative estimate of drug-likeness (QED) is 0.394. The summed E-state index contributed by atoms with van der Waals surface area (Å²) in [7, 11) is 1.37. The summed E-state index contributed by atoms with van der Waals surface area (Å²) in [5, 5.41) is 13.5. The van der Waals surface area contributed by atoms with Gasteiger partial charge in [-0.15, -0.1) is 0 Å². The standard InChI is InChI=1S/C22H22N2O6/c1-3-4-15-5-8-17(9-6-15)29-14-18-10-12-20(30-18)22(25)23-19-11-7-16(24(26)27)13-21(19)28-2/h5-13H,3-4,14H2,1-2H3,(H,23,25). The smallest absolute Gasteiger partial charge is 0.291 e. The zero-order valence-electron chi connectivity index (χ0n) is 16.7. The van der Waals surface area contributed by atoms with Crippen LogP contribution >= 0.6 is 0 Å². The number of carbonyl (C=O) groups excluding carboxylic acids is 1. The second-order valence-corrected chi connectivity index (χ2v) is 6.54. The third-order valence-corrected chi connectivity index (χ3v) is 4.37. The Kier molecular flexibility index (Phi) is 6.69. The zero-order valence-corrected chi connectivity index (χ0v) is 16.7. The van der Waals surface area contributed by atoms with Gasteiger partial charge in [-0.05, 0) is 42.3 Å².